The molecule has 1 aromatic carbocycles. The number of rotatable bonds is 5. The summed E-state index contributed by atoms with van der Waals surface area (Å²) in [7, 11) is 3.16. The normalized spacial score (nSPS) is 10.3. The average Bonchev–Trinajstić information content (AvgIpc) is 2.82. The summed E-state index contributed by atoms with van der Waals surface area (Å²) in [6.07, 6.45) is 1.63. The molecule has 0 aliphatic heterocycles. The lowest BCUT2D eigenvalue weighted by atomic mass is 10.2. The smallest absolute Gasteiger partial charge is 0.143 e. The molecule has 6 heteroatoms. The van der Waals surface area contributed by atoms with E-state index in [1.807, 2.05) is 6.07 Å². The summed E-state index contributed by atoms with van der Waals surface area (Å²) in [6, 6.07) is 5.34. The van der Waals surface area contributed by atoms with E-state index in [1.165, 1.54) is 0 Å². The van der Waals surface area contributed by atoms with Gasteiger partial charge >= 0.3 is 0 Å². The standard InChI is InChI=1S/C13H13BrClNO3/c1-17-11-6-10(12(18-2)5-9(11)15)16-7-13-8(14)3-4-19-13/h3-6,16H,7H2,1-2H3. The van der Waals surface area contributed by atoms with Gasteiger partial charge in [-0.3, -0.25) is 0 Å². The van der Waals surface area contributed by atoms with Gasteiger partial charge in [0.1, 0.15) is 17.3 Å². The third kappa shape index (κ3) is 3.16. The van der Waals surface area contributed by atoms with E-state index in [0.717, 1.165) is 15.9 Å². The fourth-order valence-corrected chi connectivity index (χ4v) is 2.20. The average molecular weight is 347 g/mol. The predicted molar refractivity (Wildman–Crippen MR) is 78.3 cm³/mol. The van der Waals surface area contributed by atoms with Crippen LogP contribution in [0.25, 0.3) is 0 Å². The van der Waals surface area contributed by atoms with Crippen LogP contribution in [0, 0.1) is 0 Å². The number of furan rings is 1. The van der Waals surface area contributed by atoms with Crippen molar-refractivity contribution in [2.24, 2.45) is 0 Å². The van der Waals surface area contributed by atoms with E-state index < -0.39 is 0 Å². The van der Waals surface area contributed by atoms with Crippen LogP contribution in [0.4, 0.5) is 5.69 Å². The maximum atomic E-state index is 6.05. The lowest BCUT2D eigenvalue weighted by molar-refractivity contribution is 0.404. The van der Waals surface area contributed by atoms with Crippen LogP contribution >= 0.6 is 27.5 Å². The molecule has 2 aromatic rings. The van der Waals surface area contributed by atoms with Crippen molar-refractivity contribution in [2.75, 3.05) is 19.5 Å². The van der Waals surface area contributed by atoms with Crippen molar-refractivity contribution in [3.05, 3.63) is 39.7 Å². The molecule has 0 aliphatic rings. The van der Waals surface area contributed by atoms with Crippen molar-refractivity contribution >= 4 is 33.2 Å². The van der Waals surface area contributed by atoms with Gasteiger partial charge < -0.3 is 19.2 Å². The molecule has 1 heterocycles. The van der Waals surface area contributed by atoms with Gasteiger partial charge in [-0.05, 0) is 22.0 Å². The first-order valence-electron chi connectivity index (χ1n) is 5.53. The van der Waals surface area contributed by atoms with Gasteiger partial charge in [0.2, 0.25) is 0 Å². The molecule has 0 saturated heterocycles. The van der Waals surface area contributed by atoms with E-state index in [0.29, 0.717) is 23.1 Å². The first-order chi connectivity index (χ1) is 9.15. The van der Waals surface area contributed by atoms with Crippen LogP contribution in [0.2, 0.25) is 5.02 Å². The van der Waals surface area contributed by atoms with Crippen molar-refractivity contribution in [1.82, 2.24) is 0 Å². The first kappa shape index (κ1) is 14.1. The van der Waals surface area contributed by atoms with Gasteiger partial charge in [0, 0.05) is 12.1 Å². The molecule has 0 fully saturated rings. The number of halogens is 2. The minimum Gasteiger partial charge on any atom is -0.495 e. The molecular formula is C13H13BrClNO3. The molecule has 0 spiro atoms. The highest BCUT2D eigenvalue weighted by Gasteiger charge is 2.11. The van der Waals surface area contributed by atoms with Gasteiger partial charge in [-0.2, -0.15) is 0 Å². The molecule has 0 saturated carbocycles. The lowest BCUT2D eigenvalue weighted by Gasteiger charge is -2.13. The Morgan fingerprint density at radius 3 is 2.58 bits per heavy atom. The topological polar surface area (TPSA) is 43.6 Å². The van der Waals surface area contributed by atoms with Crippen LogP contribution in [0.5, 0.6) is 11.5 Å². The summed E-state index contributed by atoms with van der Waals surface area (Å²) in [5, 5.41) is 3.73. The molecule has 1 N–H and O–H groups in total. The highest BCUT2D eigenvalue weighted by Crippen LogP contribution is 2.36. The third-order valence-corrected chi connectivity index (χ3v) is 3.61. The van der Waals surface area contributed by atoms with Crippen molar-refractivity contribution in [3.8, 4) is 11.5 Å². The zero-order chi connectivity index (χ0) is 13.8. The molecule has 2 rings (SSSR count). The second kappa shape index (κ2) is 6.21. The number of hydrogen-bond acceptors (Lipinski definition) is 4. The summed E-state index contributed by atoms with van der Waals surface area (Å²) in [5.41, 5.74) is 0.784. The molecule has 0 bridgehead atoms. The minimum absolute atomic E-state index is 0.504. The fourth-order valence-electron chi connectivity index (χ4n) is 1.63. The molecule has 19 heavy (non-hydrogen) atoms. The van der Waals surface area contributed by atoms with Gasteiger partial charge in [-0.25, -0.2) is 0 Å². The summed E-state index contributed by atoms with van der Waals surface area (Å²) < 4.78 is 16.7. The van der Waals surface area contributed by atoms with Crippen molar-refractivity contribution in [1.29, 1.82) is 0 Å². The van der Waals surface area contributed by atoms with E-state index in [1.54, 1.807) is 32.6 Å². The SMILES string of the molecule is COc1cc(NCc2occc2Br)c(OC)cc1Cl. The maximum Gasteiger partial charge on any atom is 0.143 e. The van der Waals surface area contributed by atoms with E-state index in [4.69, 9.17) is 25.5 Å². The van der Waals surface area contributed by atoms with Crippen molar-refractivity contribution in [3.63, 3.8) is 0 Å². The van der Waals surface area contributed by atoms with Crippen molar-refractivity contribution in [2.45, 2.75) is 6.54 Å². The van der Waals surface area contributed by atoms with Crippen LogP contribution in [0.15, 0.2) is 33.4 Å². The third-order valence-electron chi connectivity index (χ3n) is 2.60. The zero-order valence-electron chi connectivity index (χ0n) is 10.5. The Balaban J connectivity index is 2.21. The lowest BCUT2D eigenvalue weighted by Crippen LogP contribution is -2.01. The first-order valence-corrected chi connectivity index (χ1v) is 6.70. The molecule has 0 atom stereocenters. The Labute approximate surface area is 124 Å². The van der Waals surface area contributed by atoms with Crippen LogP contribution in [0.3, 0.4) is 0 Å². The van der Waals surface area contributed by atoms with Gasteiger partial charge in [0.25, 0.3) is 0 Å². The maximum absolute atomic E-state index is 6.05. The molecule has 0 amide bonds. The second-order valence-electron chi connectivity index (χ2n) is 3.73. The highest BCUT2D eigenvalue weighted by molar-refractivity contribution is 9.10. The number of methoxy groups -OCH3 is 2. The highest BCUT2D eigenvalue weighted by atomic mass is 79.9. The van der Waals surface area contributed by atoms with Gasteiger partial charge in [-0.15, -0.1) is 0 Å². The summed E-state index contributed by atoms with van der Waals surface area (Å²) >= 11 is 9.45. The van der Waals surface area contributed by atoms with Crippen molar-refractivity contribution < 1.29 is 13.9 Å². The largest absolute Gasteiger partial charge is 0.495 e. The molecule has 1 aromatic heterocycles. The second-order valence-corrected chi connectivity index (χ2v) is 4.99. The van der Waals surface area contributed by atoms with Crippen LogP contribution < -0.4 is 14.8 Å². The van der Waals surface area contributed by atoms with Gasteiger partial charge in [0.05, 0.1) is 42.2 Å². The number of anilines is 1. The molecule has 0 radical (unpaired) electrons. The van der Waals surface area contributed by atoms with E-state index in [-0.39, 0.29) is 0 Å². The van der Waals surface area contributed by atoms with E-state index >= 15 is 0 Å². The predicted octanol–water partition coefficient (Wildman–Crippen LogP) is 4.32. The molecule has 4 nitrogen and oxygen atoms in total. The van der Waals surface area contributed by atoms with Crippen LogP contribution in [-0.4, -0.2) is 14.2 Å². The molecule has 102 valence electrons. The number of nitrogens with one attached hydrogen (secondary N) is 1. The zero-order valence-corrected chi connectivity index (χ0v) is 12.8. The van der Waals surface area contributed by atoms with Crippen LogP contribution in [0.1, 0.15) is 5.76 Å². The quantitative estimate of drug-likeness (QED) is 0.875. The Morgan fingerprint density at radius 2 is 2.00 bits per heavy atom. The minimum atomic E-state index is 0.504. The van der Waals surface area contributed by atoms with E-state index in [9.17, 15) is 0 Å². The van der Waals surface area contributed by atoms with Gasteiger partial charge in [-0.1, -0.05) is 11.6 Å². The van der Waals surface area contributed by atoms with E-state index in [2.05, 4.69) is 21.2 Å². The van der Waals surface area contributed by atoms with Gasteiger partial charge in [0.15, 0.2) is 0 Å². The Morgan fingerprint density at radius 1 is 1.26 bits per heavy atom. The summed E-state index contributed by atoms with van der Waals surface area (Å²) in [5.74, 6) is 2.04. The van der Waals surface area contributed by atoms with Crippen LogP contribution in [-0.2, 0) is 6.54 Å². The Hall–Kier alpha value is -1.33. The number of hydrogen-bond donors (Lipinski definition) is 1. The molecule has 0 aliphatic carbocycles. The fraction of sp³-hybridized carbons (Fsp3) is 0.231. The Kier molecular flexibility index (Phi) is 4.61. The number of ether oxygens (including phenoxy) is 2. The summed E-state index contributed by atoms with van der Waals surface area (Å²) in [6.45, 7) is 0.523. The molecular weight excluding hydrogens is 334 g/mol. The Bertz CT molecular complexity index is 571. The molecule has 0 unspecified atom stereocenters. The monoisotopic (exact) mass is 345 g/mol. The summed E-state index contributed by atoms with van der Waals surface area (Å²) in [4.78, 5) is 0. The number of benzene rings is 1.